The van der Waals surface area contributed by atoms with Crippen LogP contribution in [0.25, 0.3) is 0 Å². The van der Waals surface area contributed by atoms with Gasteiger partial charge in [-0.2, -0.15) is 0 Å². The highest BCUT2D eigenvalue weighted by Gasteiger charge is 2.49. The van der Waals surface area contributed by atoms with Gasteiger partial charge in [-0.05, 0) is 44.2 Å². The van der Waals surface area contributed by atoms with Gasteiger partial charge < -0.3 is 0 Å². The van der Waals surface area contributed by atoms with E-state index in [0.717, 1.165) is 40.2 Å². The molecule has 26 heavy (non-hydrogen) atoms. The second-order valence-electron chi connectivity index (χ2n) is 7.42. The summed E-state index contributed by atoms with van der Waals surface area (Å²) in [5.74, 6) is -1.87. The molecule has 6 nitrogen and oxygen atoms in total. The highest BCUT2D eigenvalue weighted by Crippen LogP contribution is 2.31. The molecule has 138 valence electrons. The molecule has 0 aromatic heterocycles. The lowest BCUT2D eigenvalue weighted by Crippen LogP contribution is -2.46. The van der Waals surface area contributed by atoms with E-state index in [2.05, 4.69) is 0 Å². The summed E-state index contributed by atoms with van der Waals surface area (Å²) in [4.78, 5) is 52.0. The Labute approximate surface area is 153 Å². The summed E-state index contributed by atoms with van der Waals surface area (Å²) < 4.78 is 0. The number of rotatable bonds is 4. The number of carbonyl (C=O) groups is 4. The highest BCUT2D eigenvalue weighted by molar-refractivity contribution is 6.45. The molecule has 1 heterocycles. The molecule has 1 saturated heterocycles. The van der Waals surface area contributed by atoms with Crippen LogP contribution in [0.3, 0.4) is 0 Å². The maximum absolute atomic E-state index is 12.7. The molecule has 0 N–H and O–H groups in total. The molecule has 1 aromatic rings. The first-order valence-electron chi connectivity index (χ1n) is 9.10. The summed E-state index contributed by atoms with van der Waals surface area (Å²) in [7, 11) is 0. The lowest BCUT2D eigenvalue weighted by Gasteiger charge is -2.34. The van der Waals surface area contributed by atoms with E-state index in [1.165, 1.54) is 0 Å². The Balaban J connectivity index is 1.81. The number of urea groups is 1. The first kappa shape index (κ1) is 18.3. The van der Waals surface area contributed by atoms with Crippen molar-refractivity contribution < 1.29 is 19.2 Å². The third-order valence-electron chi connectivity index (χ3n) is 5.48. The molecule has 1 saturated carbocycles. The number of imide groups is 2. The van der Waals surface area contributed by atoms with Crippen molar-refractivity contribution in [3.63, 3.8) is 0 Å². The molecule has 0 spiro atoms. The zero-order valence-electron chi connectivity index (χ0n) is 15.4. The first-order valence-corrected chi connectivity index (χ1v) is 9.10. The quantitative estimate of drug-likeness (QED) is 0.472. The second kappa shape index (κ2) is 7.02. The fraction of sp³-hybridized carbons (Fsp3) is 0.500. The molecule has 2 atom stereocenters. The topological polar surface area (TPSA) is 74.8 Å². The van der Waals surface area contributed by atoms with E-state index >= 15 is 0 Å². The van der Waals surface area contributed by atoms with Crippen LogP contribution >= 0.6 is 0 Å². The largest absolute Gasteiger partial charge is 0.334 e. The molecule has 3 rings (SSSR count). The minimum atomic E-state index is -0.897. The Kier molecular flexibility index (Phi) is 4.94. The first-order chi connectivity index (χ1) is 12.3. The van der Waals surface area contributed by atoms with Crippen molar-refractivity contribution in [2.24, 2.45) is 5.92 Å². The van der Waals surface area contributed by atoms with Crippen LogP contribution in [0.15, 0.2) is 18.2 Å². The SMILES string of the molecule is Cc1ccc(C)c(C(=O)CN2C(=O)C(=O)N([C@H]3CCCC[C@@H]3C)C2=O)c1. The van der Waals surface area contributed by atoms with Gasteiger partial charge >= 0.3 is 17.8 Å². The number of amides is 4. The molecular formula is C20H24N2O4. The molecule has 4 amide bonds. The standard InChI is InChI=1S/C20H24N2O4/c1-12-8-9-13(2)15(10-12)17(23)11-21-18(24)19(25)22(20(21)26)16-7-5-4-6-14(16)3/h8-10,14,16H,4-7,11H2,1-3H3/t14-,16-/m0/s1. The monoisotopic (exact) mass is 356 g/mol. The molecule has 2 aliphatic rings. The third kappa shape index (κ3) is 3.16. The van der Waals surface area contributed by atoms with Crippen molar-refractivity contribution >= 4 is 23.6 Å². The van der Waals surface area contributed by atoms with Crippen LogP contribution in [0.4, 0.5) is 4.79 Å². The Morgan fingerprint density at radius 1 is 1.08 bits per heavy atom. The average molecular weight is 356 g/mol. The smallest absolute Gasteiger partial charge is 0.292 e. The molecule has 2 fully saturated rings. The molecule has 1 aliphatic heterocycles. The van der Waals surface area contributed by atoms with Gasteiger partial charge in [0, 0.05) is 11.6 Å². The summed E-state index contributed by atoms with van der Waals surface area (Å²) in [5.41, 5.74) is 2.18. The number of nitrogens with zero attached hydrogens (tertiary/aromatic N) is 2. The van der Waals surface area contributed by atoms with Gasteiger partial charge in [0.25, 0.3) is 0 Å². The molecule has 1 aromatic carbocycles. The number of aryl methyl sites for hydroxylation is 2. The fourth-order valence-electron chi connectivity index (χ4n) is 3.90. The molecule has 0 bridgehead atoms. The molecular weight excluding hydrogens is 332 g/mol. The van der Waals surface area contributed by atoms with Crippen LogP contribution in [-0.4, -0.2) is 46.0 Å². The minimum absolute atomic E-state index is 0.166. The summed E-state index contributed by atoms with van der Waals surface area (Å²) in [5, 5.41) is 0. The van der Waals surface area contributed by atoms with Gasteiger partial charge in [-0.3, -0.25) is 19.3 Å². The number of hydrogen-bond donors (Lipinski definition) is 0. The zero-order chi connectivity index (χ0) is 19.0. The summed E-state index contributed by atoms with van der Waals surface area (Å²) in [6.45, 7) is 5.28. The highest BCUT2D eigenvalue weighted by atomic mass is 16.2. The van der Waals surface area contributed by atoms with E-state index in [1.54, 1.807) is 6.07 Å². The van der Waals surface area contributed by atoms with E-state index < -0.39 is 24.4 Å². The van der Waals surface area contributed by atoms with Gasteiger partial charge in [0.15, 0.2) is 5.78 Å². The number of benzene rings is 1. The summed E-state index contributed by atoms with van der Waals surface area (Å²) >= 11 is 0. The van der Waals surface area contributed by atoms with Gasteiger partial charge in [-0.1, -0.05) is 37.5 Å². The second-order valence-corrected chi connectivity index (χ2v) is 7.42. The van der Waals surface area contributed by atoms with E-state index in [9.17, 15) is 19.2 Å². The summed E-state index contributed by atoms with van der Waals surface area (Å²) in [6.07, 6.45) is 3.64. The van der Waals surface area contributed by atoms with Crippen LogP contribution in [0, 0.1) is 19.8 Å². The third-order valence-corrected chi connectivity index (χ3v) is 5.48. The van der Waals surface area contributed by atoms with Crippen LogP contribution in [0.2, 0.25) is 0 Å². The number of carbonyl (C=O) groups excluding carboxylic acids is 4. The van der Waals surface area contributed by atoms with E-state index in [0.29, 0.717) is 12.0 Å². The van der Waals surface area contributed by atoms with Crippen LogP contribution in [0.5, 0.6) is 0 Å². The van der Waals surface area contributed by atoms with E-state index in [-0.39, 0.29) is 17.7 Å². The van der Waals surface area contributed by atoms with Crippen molar-refractivity contribution in [1.29, 1.82) is 0 Å². The van der Waals surface area contributed by atoms with Crippen LogP contribution in [0.1, 0.15) is 54.1 Å². The van der Waals surface area contributed by atoms with Crippen LogP contribution in [-0.2, 0) is 9.59 Å². The zero-order valence-corrected chi connectivity index (χ0v) is 15.4. The predicted molar refractivity (Wildman–Crippen MR) is 95.6 cm³/mol. The summed E-state index contributed by atoms with van der Waals surface area (Å²) in [6, 6.07) is 4.56. The van der Waals surface area contributed by atoms with Crippen molar-refractivity contribution in [2.75, 3.05) is 6.54 Å². The molecule has 0 radical (unpaired) electrons. The number of ketones is 1. The Hall–Kier alpha value is -2.50. The molecule has 1 aliphatic carbocycles. The van der Waals surface area contributed by atoms with Gasteiger partial charge in [0.05, 0.1) is 6.54 Å². The maximum atomic E-state index is 12.7. The fourth-order valence-corrected chi connectivity index (χ4v) is 3.90. The van der Waals surface area contributed by atoms with E-state index in [4.69, 9.17) is 0 Å². The lowest BCUT2D eigenvalue weighted by molar-refractivity contribution is -0.144. The van der Waals surface area contributed by atoms with Crippen LogP contribution < -0.4 is 0 Å². The molecule has 0 unspecified atom stereocenters. The minimum Gasteiger partial charge on any atom is -0.292 e. The van der Waals surface area contributed by atoms with Gasteiger partial charge in [0.2, 0.25) is 0 Å². The van der Waals surface area contributed by atoms with Crippen molar-refractivity contribution in [3.8, 4) is 0 Å². The number of Topliss-reactive ketones (excluding diaryl/α,β-unsaturated/α-hetero) is 1. The predicted octanol–water partition coefficient (Wildman–Crippen LogP) is 2.86. The van der Waals surface area contributed by atoms with Crippen molar-refractivity contribution in [2.45, 2.75) is 52.5 Å². The average Bonchev–Trinajstić information content (AvgIpc) is 2.81. The maximum Gasteiger partial charge on any atom is 0.334 e. The Morgan fingerprint density at radius 2 is 1.77 bits per heavy atom. The van der Waals surface area contributed by atoms with Crippen molar-refractivity contribution in [3.05, 3.63) is 34.9 Å². The van der Waals surface area contributed by atoms with E-state index in [1.807, 2.05) is 32.9 Å². The lowest BCUT2D eigenvalue weighted by atomic mass is 9.85. The van der Waals surface area contributed by atoms with Gasteiger partial charge in [-0.25, -0.2) is 9.69 Å². The normalized spacial score (nSPS) is 23.7. The van der Waals surface area contributed by atoms with Gasteiger partial charge in [0.1, 0.15) is 0 Å². The van der Waals surface area contributed by atoms with Crippen molar-refractivity contribution in [1.82, 2.24) is 9.80 Å². The Morgan fingerprint density at radius 3 is 2.46 bits per heavy atom. The van der Waals surface area contributed by atoms with Gasteiger partial charge in [-0.15, -0.1) is 0 Å². The number of hydrogen-bond acceptors (Lipinski definition) is 4. The molecule has 6 heteroatoms. The Bertz CT molecular complexity index is 786.